The maximum absolute atomic E-state index is 12.2. The fourth-order valence-corrected chi connectivity index (χ4v) is 4.42. The number of nitrogens with one attached hydrogen (secondary N) is 1. The van der Waals surface area contributed by atoms with Crippen LogP contribution in [0.5, 0.6) is 0 Å². The summed E-state index contributed by atoms with van der Waals surface area (Å²) in [5.74, 6) is -0.946. The number of rotatable bonds is 6. The first-order valence-corrected chi connectivity index (χ1v) is 10.0. The van der Waals surface area contributed by atoms with E-state index in [9.17, 15) is 13.2 Å². The van der Waals surface area contributed by atoms with Crippen LogP contribution in [0, 0.1) is 0 Å². The van der Waals surface area contributed by atoms with E-state index in [0.29, 0.717) is 11.4 Å². The van der Waals surface area contributed by atoms with Crippen molar-refractivity contribution in [1.82, 2.24) is 4.72 Å². The fraction of sp³-hybridized carbons (Fsp3) is 0.118. The van der Waals surface area contributed by atoms with Gasteiger partial charge in [-0.2, -0.15) is 0 Å². The van der Waals surface area contributed by atoms with E-state index in [1.165, 1.54) is 35.6 Å². The van der Waals surface area contributed by atoms with Gasteiger partial charge in [0.2, 0.25) is 10.0 Å². The van der Waals surface area contributed by atoms with Crippen molar-refractivity contribution in [2.24, 2.45) is 0 Å². The number of sulfonamides is 1. The average Bonchev–Trinajstić information content (AvgIpc) is 2.99. The number of halogens is 1. The van der Waals surface area contributed by atoms with Gasteiger partial charge in [0, 0.05) is 16.3 Å². The van der Waals surface area contributed by atoms with E-state index in [0.717, 1.165) is 15.6 Å². The Hall–Kier alpha value is -1.93. The van der Waals surface area contributed by atoms with E-state index >= 15 is 0 Å². The van der Waals surface area contributed by atoms with Crippen molar-refractivity contribution in [1.29, 1.82) is 0 Å². The predicted octanol–water partition coefficient (Wildman–Crippen LogP) is 3.77. The van der Waals surface area contributed by atoms with Crippen LogP contribution in [0.2, 0.25) is 5.02 Å². The summed E-state index contributed by atoms with van der Waals surface area (Å²) in [5, 5.41) is 10.4. The van der Waals surface area contributed by atoms with Crippen LogP contribution in [0.25, 0.3) is 10.1 Å². The normalized spacial score (nSPS) is 11.7. The molecule has 0 unspecified atom stereocenters. The van der Waals surface area contributed by atoms with Gasteiger partial charge in [0.15, 0.2) is 0 Å². The minimum atomic E-state index is -3.58. The molecule has 0 saturated heterocycles. The molecule has 0 bridgehead atoms. The Morgan fingerprint density at radius 3 is 2.52 bits per heavy atom. The summed E-state index contributed by atoms with van der Waals surface area (Å²) in [4.78, 5) is 11.5. The van der Waals surface area contributed by atoms with Gasteiger partial charge >= 0.3 is 5.97 Å². The number of benzene rings is 2. The zero-order valence-corrected chi connectivity index (χ0v) is 15.3. The Morgan fingerprint density at radius 1 is 1.12 bits per heavy atom. The Bertz CT molecular complexity index is 1030. The molecule has 8 heteroatoms. The van der Waals surface area contributed by atoms with Crippen molar-refractivity contribution in [3.05, 3.63) is 64.0 Å². The number of carbonyl (C=O) groups is 1. The van der Waals surface area contributed by atoms with Gasteiger partial charge in [-0.15, -0.1) is 11.3 Å². The molecule has 1 aromatic heterocycles. The van der Waals surface area contributed by atoms with Crippen molar-refractivity contribution in [2.45, 2.75) is 11.3 Å². The monoisotopic (exact) mass is 395 g/mol. The summed E-state index contributed by atoms with van der Waals surface area (Å²) >= 11 is 6.98. The third-order valence-corrected chi connectivity index (χ3v) is 6.45. The second-order valence-electron chi connectivity index (χ2n) is 5.39. The molecule has 25 heavy (non-hydrogen) atoms. The molecule has 0 saturated carbocycles. The van der Waals surface area contributed by atoms with E-state index in [1.54, 1.807) is 6.07 Å². The third-order valence-electron chi connectivity index (χ3n) is 3.62. The lowest BCUT2D eigenvalue weighted by Crippen LogP contribution is -2.25. The molecule has 2 N–H and O–H groups in total. The molecule has 0 aliphatic rings. The Balaban J connectivity index is 1.68. The average molecular weight is 396 g/mol. The molecule has 3 aromatic rings. The number of thiophene rings is 1. The van der Waals surface area contributed by atoms with Crippen LogP contribution in [-0.4, -0.2) is 26.0 Å². The van der Waals surface area contributed by atoms with E-state index in [2.05, 4.69) is 4.72 Å². The first kappa shape index (κ1) is 17.9. The van der Waals surface area contributed by atoms with Gasteiger partial charge in [0.25, 0.3) is 0 Å². The number of carboxylic acids is 1. The van der Waals surface area contributed by atoms with Gasteiger partial charge in [-0.05, 0) is 53.8 Å². The van der Waals surface area contributed by atoms with Crippen molar-refractivity contribution >= 4 is 49.0 Å². The molecule has 0 aliphatic heterocycles. The highest BCUT2D eigenvalue weighted by atomic mass is 35.5. The van der Waals surface area contributed by atoms with Crippen LogP contribution in [-0.2, 0) is 16.4 Å². The first-order valence-electron chi connectivity index (χ1n) is 7.36. The number of aromatic carboxylic acids is 1. The summed E-state index contributed by atoms with van der Waals surface area (Å²) in [6.45, 7) is 0.242. The highest BCUT2D eigenvalue weighted by molar-refractivity contribution is 7.89. The molecule has 0 amide bonds. The third kappa shape index (κ3) is 4.19. The predicted molar refractivity (Wildman–Crippen MR) is 99.1 cm³/mol. The standard InChI is InChI=1S/C17H14ClNO4S2/c18-13-2-4-14(5-3-13)25(22,23)19-8-7-11-1-6-15-12(9-11)10-16(24-15)17(20)21/h1-6,9-10,19H,7-8H2,(H,20,21). The molecular formula is C17H14ClNO4S2. The smallest absolute Gasteiger partial charge is 0.345 e. The van der Waals surface area contributed by atoms with E-state index in [1.807, 2.05) is 18.2 Å². The Labute approximate surface area is 153 Å². The zero-order valence-electron chi connectivity index (χ0n) is 12.9. The molecule has 0 fully saturated rings. The first-order chi connectivity index (χ1) is 11.8. The molecule has 2 aromatic carbocycles. The number of hydrogen-bond acceptors (Lipinski definition) is 4. The summed E-state index contributed by atoms with van der Waals surface area (Å²) in [7, 11) is -3.58. The minimum Gasteiger partial charge on any atom is -0.477 e. The van der Waals surface area contributed by atoms with Gasteiger partial charge in [-0.1, -0.05) is 23.7 Å². The molecule has 0 aliphatic carbocycles. The van der Waals surface area contributed by atoms with Crippen LogP contribution in [0.1, 0.15) is 15.2 Å². The maximum Gasteiger partial charge on any atom is 0.345 e. The molecule has 5 nitrogen and oxygen atoms in total. The molecular weight excluding hydrogens is 382 g/mol. The molecule has 0 radical (unpaired) electrons. The van der Waals surface area contributed by atoms with Crippen LogP contribution < -0.4 is 4.72 Å². The van der Waals surface area contributed by atoms with E-state index in [4.69, 9.17) is 16.7 Å². The van der Waals surface area contributed by atoms with Crippen LogP contribution >= 0.6 is 22.9 Å². The van der Waals surface area contributed by atoms with Gasteiger partial charge in [-0.3, -0.25) is 0 Å². The fourth-order valence-electron chi connectivity index (χ4n) is 2.38. The molecule has 3 rings (SSSR count). The van der Waals surface area contributed by atoms with Gasteiger partial charge in [-0.25, -0.2) is 17.9 Å². The highest BCUT2D eigenvalue weighted by Gasteiger charge is 2.13. The van der Waals surface area contributed by atoms with E-state index < -0.39 is 16.0 Å². The SMILES string of the molecule is O=C(O)c1cc2cc(CCNS(=O)(=O)c3ccc(Cl)cc3)ccc2s1. The lowest BCUT2D eigenvalue weighted by molar-refractivity contribution is 0.0702. The van der Waals surface area contributed by atoms with Crippen molar-refractivity contribution in [3.63, 3.8) is 0 Å². The molecule has 0 atom stereocenters. The van der Waals surface area contributed by atoms with Gasteiger partial charge < -0.3 is 5.11 Å². The number of fused-ring (bicyclic) bond motifs is 1. The van der Waals surface area contributed by atoms with Crippen molar-refractivity contribution in [2.75, 3.05) is 6.54 Å². The summed E-state index contributed by atoms with van der Waals surface area (Å²) < 4.78 is 27.9. The van der Waals surface area contributed by atoms with Gasteiger partial charge in [0.1, 0.15) is 4.88 Å². The second kappa shape index (κ2) is 7.13. The largest absolute Gasteiger partial charge is 0.477 e. The van der Waals surface area contributed by atoms with E-state index in [-0.39, 0.29) is 16.3 Å². The maximum atomic E-state index is 12.2. The highest BCUT2D eigenvalue weighted by Crippen LogP contribution is 2.26. The molecule has 0 spiro atoms. The molecule has 1 heterocycles. The number of hydrogen-bond donors (Lipinski definition) is 2. The zero-order chi connectivity index (χ0) is 18.0. The minimum absolute atomic E-state index is 0.163. The lowest BCUT2D eigenvalue weighted by atomic mass is 10.1. The van der Waals surface area contributed by atoms with Crippen LogP contribution in [0.3, 0.4) is 0 Å². The van der Waals surface area contributed by atoms with Crippen LogP contribution in [0.15, 0.2) is 53.4 Å². The number of carboxylic acid groups (broad SMARTS) is 1. The van der Waals surface area contributed by atoms with Crippen LogP contribution in [0.4, 0.5) is 0 Å². The summed E-state index contributed by atoms with van der Waals surface area (Å²) in [5.41, 5.74) is 0.932. The van der Waals surface area contributed by atoms with Gasteiger partial charge in [0.05, 0.1) is 4.90 Å². The van der Waals surface area contributed by atoms with Crippen molar-refractivity contribution < 1.29 is 18.3 Å². The molecule has 130 valence electrons. The lowest BCUT2D eigenvalue weighted by Gasteiger charge is -2.07. The van der Waals surface area contributed by atoms with Crippen molar-refractivity contribution in [3.8, 4) is 0 Å². The second-order valence-corrected chi connectivity index (χ2v) is 8.68. The Morgan fingerprint density at radius 2 is 1.84 bits per heavy atom. The Kier molecular flexibility index (Phi) is 5.10. The quantitative estimate of drug-likeness (QED) is 0.665. The summed E-state index contributed by atoms with van der Waals surface area (Å²) in [6.07, 6.45) is 0.501. The summed E-state index contributed by atoms with van der Waals surface area (Å²) in [6, 6.07) is 13.2. The topological polar surface area (TPSA) is 83.5 Å².